The maximum atomic E-state index is 8.20. The van der Waals surface area contributed by atoms with Crippen LogP contribution in [0.2, 0.25) is 0 Å². The molecule has 0 aliphatic rings. The highest BCUT2D eigenvalue weighted by atomic mass is 16.5. The SMILES string of the molecule is N#CCCOCCn1ccnc1. The molecule has 0 unspecified atom stereocenters. The van der Waals surface area contributed by atoms with Crippen LogP contribution in [0.4, 0.5) is 0 Å². The van der Waals surface area contributed by atoms with Crippen LogP contribution >= 0.6 is 0 Å². The van der Waals surface area contributed by atoms with Crippen molar-refractivity contribution in [3.05, 3.63) is 18.7 Å². The third kappa shape index (κ3) is 3.17. The van der Waals surface area contributed by atoms with Crippen LogP contribution in [0.3, 0.4) is 0 Å². The van der Waals surface area contributed by atoms with Crippen molar-refractivity contribution in [2.24, 2.45) is 0 Å². The maximum absolute atomic E-state index is 8.20. The van der Waals surface area contributed by atoms with E-state index in [1.807, 2.05) is 16.8 Å². The van der Waals surface area contributed by atoms with E-state index in [0.29, 0.717) is 19.6 Å². The Morgan fingerprint density at radius 3 is 3.08 bits per heavy atom. The number of nitriles is 1. The van der Waals surface area contributed by atoms with Crippen molar-refractivity contribution in [2.45, 2.75) is 13.0 Å². The Balaban J connectivity index is 2.01. The average Bonchev–Trinajstić information content (AvgIpc) is 2.57. The highest BCUT2D eigenvalue weighted by Crippen LogP contribution is 1.87. The van der Waals surface area contributed by atoms with Gasteiger partial charge in [-0.25, -0.2) is 4.98 Å². The van der Waals surface area contributed by atoms with Gasteiger partial charge in [0.05, 0.1) is 32.0 Å². The normalized spacial score (nSPS) is 9.58. The maximum Gasteiger partial charge on any atom is 0.0946 e. The van der Waals surface area contributed by atoms with Gasteiger partial charge in [-0.3, -0.25) is 0 Å². The molecule has 0 saturated heterocycles. The molecule has 1 aromatic heterocycles. The second-order valence-electron chi connectivity index (χ2n) is 2.32. The van der Waals surface area contributed by atoms with Crippen molar-refractivity contribution in [1.82, 2.24) is 9.55 Å². The molecule has 4 heteroatoms. The smallest absolute Gasteiger partial charge is 0.0946 e. The van der Waals surface area contributed by atoms with Gasteiger partial charge in [0, 0.05) is 18.9 Å². The Hall–Kier alpha value is -1.34. The van der Waals surface area contributed by atoms with E-state index in [1.54, 1.807) is 12.5 Å². The van der Waals surface area contributed by atoms with Crippen molar-refractivity contribution < 1.29 is 4.74 Å². The fraction of sp³-hybridized carbons (Fsp3) is 0.500. The number of aromatic nitrogens is 2. The van der Waals surface area contributed by atoms with E-state index in [4.69, 9.17) is 10.00 Å². The van der Waals surface area contributed by atoms with Gasteiger partial charge in [-0.2, -0.15) is 5.26 Å². The lowest BCUT2D eigenvalue weighted by atomic mass is 10.5. The Labute approximate surface area is 71.4 Å². The molecular weight excluding hydrogens is 154 g/mol. The summed E-state index contributed by atoms with van der Waals surface area (Å²) >= 11 is 0. The zero-order valence-electron chi connectivity index (χ0n) is 6.81. The summed E-state index contributed by atoms with van der Waals surface area (Å²) < 4.78 is 7.11. The van der Waals surface area contributed by atoms with Crippen molar-refractivity contribution in [2.75, 3.05) is 13.2 Å². The first-order valence-corrected chi connectivity index (χ1v) is 3.84. The number of hydrogen-bond acceptors (Lipinski definition) is 3. The minimum atomic E-state index is 0.462. The predicted octanol–water partition coefficient (Wildman–Crippen LogP) is 0.813. The van der Waals surface area contributed by atoms with Gasteiger partial charge in [-0.15, -0.1) is 0 Å². The van der Waals surface area contributed by atoms with E-state index in [0.717, 1.165) is 6.54 Å². The Bertz CT molecular complexity index is 237. The van der Waals surface area contributed by atoms with Crippen LogP contribution in [-0.2, 0) is 11.3 Å². The Morgan fingerprint density at radius 1 is 1.50 bits per heavy atom. The molecule has 0 N–H and O–H groups in total. The standard InChI is InChI=1S/C8H11N3O/c9-2-1-6-12-7-5-11-4-3-10-8-11/h3-4,8H,1,5-7H2. The average molecular weight is 165 g/mol. The predicted molar refractivity (Wildman–Crippen MR) is 43.3 cm³/mol. The highest BCUT2D eigenvalue weighted by molar-refractivity contribution is 4.73. The van der Waals surface area contributed by atoms with Crippen molar-refractivity contribution >= 4 is 0 Å². The molecule has 1 heterocycles. The quantitative estimate of drug-likeness (QED) is 0.607. The van der Waals surface area contributed by atoms with Crippen molar-refractivity contribution in [3.8, 4) is 6.07 Å². The van der Waals surface area contributed by atoms with Gasteiger partial charge in [0.1, 0.15) is 0 Å². The van der Waals surface area contributed by atoms with Gasteiger partial charge in [0.25, 0.3) is 0 Å². The fourth-order valence-electron chi connectivity index (χ4n) is 0.809. The molecule has 0 radical (unpaired) electrons. The van der Waals surface area contributed by atoms with Crippen molar-refractivity contribution in [3.63, 3.8) is 0 Å². The first kappa shape index (κ1) is 8.75. The van der Waals surface area contributed by atoms with Crippen LogP contribution < -0.4 is 0 Å². The number of rotatable bonds is 5. The molecule has 1 rings (SSSR count). The molecule has 64 valence electrons. The minimum Gasteiger partial charge on any atom is -0.379 e. The van der Waals surface area contributed by atoms with Gasteiger partial charge in [0.2, 0.25) is 0 Å². The van der Waals surface area contributed by atoms with E-state index in [1.165, 1.54) is 0 Å². The Morgan fingerprint density at radius 2 is 2.42 bits per heavy atom. The third-order valence-corrected chi connectivity index (χ3v) is 1.41. The largest absolute Gasteiger partial charge is 0.379 e. The lowest BCUT2D eigenvalue weighted by molar-refractivity contribution is 0.131. The summed E-state index contributed by atoms with van der Waals surface area (Å²) in [7, 11) is 0. The van der Waals surface area contributed by atoms with E-state index >= 15 is 0 Å². The fourth-order valence-corrected chi connectivity index (χ4v) is 0.809. The molecular formula is C8H11N3O. The number of imidazole rings is 1. The monoisotopic (exact) mass is 165 g/mol. The van der Waals surface area contributed by atoms with E-state index in [2.05, 4.69) is 4.98 Å². The molecule has 12 heavy (non-hydrogen) atoms. The number of nitrogens with zero attached hydrogens (tertiary/aromatic N) is 3. The van der Waals surface area contributed by atoms with E-state index in [-0.39, 0.29) is 0 Å². The van der Waals surface area contributed by atoms with Crippen LogP contribution in [0.15, 0.2) is 18.7 Å². The number of ether oxygens (including phenoxy) is 1. The van der Waals surface area contributed by atoms with Gasteiger partial charge in [-0.1, -0.05) is 0 Å². The van der Waals surface area contributed by atoms with Crippen LogP contribution in [0.1, 0.15) is 6.42 Å². The molecule has 0 spiro atoms. The van der Waals surface area contributed by atoms with Gasteiger partial charge in [0.15, 0.2) is 0 Å². The molecule has 0 aliphatic heterocycles. The molecule has 0 fully saturated rings. The second-order valence-corrected chi connectivity index (χ2v) is 2.32. The van der Waals surface area contributed by atoms with Crippen LogP contribution in [0, 0.1) is 11.3 Å². The number of hydrogen-bond donors (Lipinski definition) is 0. The van der Waals surface area contributed by atoms with Crippen molar-refractivity contribution in [1.29, 1.82) is 5.26 Å². The molecule has 0 aromatic carbocycles. The summed E-state index contributed by atoms with van der Waals surface area (Å²) in [5.74, 6) is 0. The van der Waals surface area contributed by atoms with E-state index < -0.39 is 0 Å². The second kappa shape index (κ2) is 5.33. The minimum absolute atomic E-state index is 0.462. The molecule has 0 bridgehead atoms. The molecule has 0 atom stereocenters. The third-order valence-electron chi connectivity index (χ3n) is 1.41. The summed E-state index contributed by atoms with van der Waals surface area (Å²) in [5, 5.41) is 8.20. The van der Waals surface area contributed by atoms with Crippen LogP contribution in [-0.4, -0.2) is 22.8 Å². The summed E-state index contributed by atoms with van der Waals surface area (Å²) in [4.78, 5) is 3.89. The zero-order chi connectivity index (χ0) is 8.65. The molecule has 1 aromatic rings. The molecule has 4 nitrogen and oxygen atoms in total. The summed E-state index contributed by atoms with van der Waals surface area (Å²) in [5.41, 5.74) is 0. The molecule has 0 aliphatic carbocycles. The van der Waals surface area contributed by atoms with Crippen LogP contribution in [0.25, 0.3) is 0 Å². The highest BCUT2D eigenvalue weighted by Gasteiger charge is 1.89. The lowest BCUT2D eigenvalue weighted by Gasteiger charge is -2.01. The molecule has 0 saturated carbocycles. The zero-order valence-corrected chi connectivity index (χ0v) is 6.81. The van der Waals surface area contributed by atoms with E-state index in [9.17, 15) is 0 Å². The van der Waals surface area contributed by atoms with Gasteiger partial charge >= 0.3 is 0 Å². The molecule has 0 amide bonds. The summed E-state index contributed by atoms with van der Waals surface area (Å²) in [6.45, 7) is 1.95. The van der Waals surface area contributed by atoms with Gasteiger partial charge < -0.3 is 9.30 Å². The van der Waals surface area contributed by atoms with Gasteiger partial charge in [-0.05, 0) is 0 Å². The first-order chi connectivity index (χ1) is 5.93. The van der Waals surface area contributed by atoms with Crippen LogP contribution in [0.5, 0.6) is 0 Å². The summed E-state index contributed by atoms with van der Waals surface area (Å²) in [6.07, 6.45) is 5.82. The summed E-state index contributed by atoms with van der Waals surface area (Å²) in [6, 6.07) is 2.02. The Kier molecular flexibility index (Phi) is 3.89. The first-order valence-electron chi connectivity index (χ1n) is 3.84. The lowest BCUT2D eigenvalue weighted by Crippen LogP contribution is -2.04. The topological polar surface area (TPSA) is 50.8 Å².